The molecule has 0 saturated heterocycles. The second-order valence-electron chi connectivity index (χ2n) is 0.660. The number of aliphatic carboxylic acids is 1. The van der Waals surface area contributed by atoms with Gasteiger partial charge in [-0.1, -0.05) is 0 Å². The van der Waals surface area contributed by atoms with Gasteiger partial charge < -0.3 is 5.11 Å². The summed E-state index contributed by atoms with van der Waals surface area (Å²) >= 11 is -2.01. The zero-order chi connectivity index (χ0) is 6.28. The van der Waals surface area contributed by atoms with Gasteiger partial charge in [-0.05, 0) is 0 Å². The van der Waals surface area contributed by atoms with E-state index in [0.717, 1.165) is 6.92 Å². The molecule has 0 saturated carbocycles. The number of hydrogen-bond donors (Lipinski definition) is 3. The molecule has 0 aliphatic heterocycles. The van der Waals surface area contributed by atoms with Crippen LogP contribution in [0.4, 0.5) is 0 Å². The summed E-state index contributed by atoms with van der Waals surface area (Å²) in [6.07, 6.45) is 0. The normalized spacial score (nSPS) is 5.57. The van der Waals surface area contributed by atoms with Gasteiger partial charge >= 0.3 is 30.2 Å². The summed E-state index contributed by atoms with van der Waals surface area (Å²) in [5.41, 5.74) is 0. The van der Waals surface area contributed by atoms with Gasteiger partial charge in [-0.25, -0.2) is 0 Å². The number of carboxylic acid groups (broad SMARTS) is 1. The van der Waals surface area contributed by atoms with Gasteiger partial charge in [0.15, 0.2) is 0 Å². The van der Waals surface area contributed by atoms with E-state index in [9.17, 15) is 0 Å². The summed E-state index contributed by atoms with van der Waals surface area (Å²) in [4.78, 5) is 9.00. The maximum atomic E-state index is 9.00. The first-order chi connectivity index (χ1) is 3.15. The van der Waals surface area contributed by atoms with E-state index >= 15 is 0 Å². The first-order valence-electron chi connectivity index (χ1n) is 1.56. The monoisotopic (exact) mass is 210 g/mol. The number of hydrogen-bond acceptors (Lipinski definition) is 3. The Kier molecular flexibility index (Phi) is 14.0. The topological polar surface area (TPSA) is 77.8 Å². The number of rotatable bonds is 0. The Morgan fingerprint density at radius 3 is 1.57 bits per heavy atom. The van der Waals surface area contributed by atoms with Crippen LogP contribution in [-0.4, -0.2) is 41.3 Å². The van der Waals surface area contributed by atoms with Gasteiger partial charge in [-0.3, -0.25) is 4.79 Å². The van der Waals surface area contributed by atoms with E-state index in [1.807, 2.05) is 0 Å². The number of carbonyl (C=O) groups is 1. The van der Waals surface area contributed by atoms with Gasteiger partial charge in [0.05, 0.1) is 0 Å². The molecule has 0 spiro atoms. The fourth-order valence-electron chi connectivity index (χ4n) is 0. The van der Waals surface area contributed by atoms with Crippen molar-refractivity contribution in [1.29, 1.82) is 0 Å². The van der Waals surface area contributed by atoms with Crippen LogP contribution in [0.25, 0.3) is 0 Å². The van der Waals surface area contributed by atoms with Gasteiger partial charge in [0.1, 0.15) is 0 Å². The van der Waals surface area contributed by atoms with Gasteiger partial charge in [0.2, 0.25) is 0 Å². The molecule has 42 valence electrons. The van der Waals surface area contributed by atoms with E-state index in [-0.39, 0.29) is 0 Å². The number of carboxylic acids is 1. The van der Waals surface area contributed by atoms with Gasteiger partial charge in [-0.15, -0.1) is 0 Å². The molecule has 0 aromatic rings. The molecule has 0 bridgehead atoms. The van der Waals surface area contributed by atoms with Crippen LogP contribution in [-0.2, 0) is 4.79 Å². The molecular weight excluding hydrogens is 203 g/mol. The molecule has 0 aliphatic rings. The van der Waals surface area contributed by atoms with E-state index in [4.69, 9.17) is 16.3 Å². The van der Waals surface area contributed by atoms with Crippen LogP contribution >= 0.6 is 0 Å². The molecule has 0 heterocycles. The van der Waals surface area contributed by atoms with Gasteiger partial charge in [0, 0.05) is 6.92 Å². The molecule has 0 fully saturated rings. The van der Waals surface area contributed by atoms with E-state index in [1.54, 1.807) is 0 Å². The van der Waals surface area contributed by atoms with Crippen LogP contribution < -0.4 is 0 Å². The van der Waals surface area contributed by atoms with Crippen LogP contribution in [0.3, 0.4) is 0 Å². The Balaban J connectivity index is 0. The maximum absolute atomic E-state index is 9.00. The Labute approximate surface area is 53.4 Å². The van der Waals surface area contributed by atoms with Crippen molar-refractivity contribution in [1.82, 2.24) is 0 Å². The molecule has 3 N–H and O–H groups in total. The Morgan fingerprint density at radius 2 is 1.57 bits per heavy atom. The van der Waals surface area contributed by atoms with Crippen LogP contribution in [0.15, 0.2) is 0 Å². The standard InChI is InChI=1S/C2H4O2.In.2H2O.H/c1-2(3)4;;;;/h1H3,(H,3,4);;2*1H2;/q;+2;;;/p-2. The average Bonchev–Trinajstić information content (AvgIpc) is 1.33. The molecule has 0 radical (unpaired) electrons. The third-order valence-electron chi connectivity index (χ3n) is 0. The molecule has 0 amide bonds. The van der Waals surface area contributed by atoms with Crippen LogP contribution in [0, 0.1) is 0 Å². The second kappa shape index (κ2) is 9.54. The average molecular weight is 210 g/mol. The van der Waals surface area contributed by atoms with Crippen LogP contribution in [0.1, 0.15) is 6.92 Å². The second-order valence-corrected chi connectivity index (χ2v) is 1.47. The van der Waals surface area contributed by atoms with Gasteiger partial charge in [0.25, 0.3) is 5.97 Å². The van der Waals surface area contributed by atoms with Crippen molar-refractivity contribution in [3.8, 4) is 0 Å². The predicted octanol–water partition coefficient (Wildman–Crippen LogP) is -1.67. The SMILES string of the molecule is CC(=O)O.[OH][InH][OH]. The zero-order valence-corrected chi connectivity index (χ0v) is 7.99. The summed E-state index contributed by atoms with van der Waals surface area (Å²) < 4.78 is 14.7. The van der Waals surface area contributed by atoms with Crippen molar-refractivity contribution in [2.75, 3.05) is 0 Å². The summed E-state index contributed by atoms with van der Waals surface area (Å²) in [7, 11) is 0. The molecule has 0 rings (SSSR count). The molecule has 5 heteroatoms. The van der Waals surface area contributed by atoms with Crippen LogP contribution in [0.5, 0.6) is 0 Å². The Bertz CT molecular complexity index is 41.0. The van der Waals surface area contributed by atoms with Crippen molar-refractivity contribution in [2.24, 2.45) is 0 Å². The summed E-state index contributed by atoms with van der Waals surface area (Å²) in [6.45, 7) is 1.08. The van der Waals surface area contributed by atoms with E-state index in [0.29, 0.717) is 0 Å². The molecule has 0 atom stereocenters. The Hall–Kier alpha value is 0.260. The van der Waals surface area contributed by atoms with Gasteiger partial charge in [-0.2, -0.15) is 0 Å². The first-order valence-corrected chi connectivity index (χ1v) is 5.17. The minimum atomic E-state index is -2.01. The van der Waals surface area contributed by atoms with Crippen molar-refractivity contribution in [3.05, 3.63) is 0 Å². The van der Waals surface area contributed by atoms with E-state index in [2.05, 4.69) is 0 Å². The third kappa shape index (κ3) is 1680. The quantitative estimate of drug-likeness (QED) is 0.446. The van der Waals surface area contributed by atoms with Crippen molar-refractivity contribution < 1.29 is 16.3 Å². The van der Waals surface area contributed by atoms with Crippen molar-refractivity contribution in [3.63, 3.8) is 0 Å². The molecule has 0 aromatic carbocycles. The molecule has 0 unspecified atom stereocenters. The fraction of sp³-hybridized carbons (Fsp3) is 0.500. The minimum absolute atomic E-state index is 0.833. The molecule has 7 heavy (non-hydrogen) atoms. The fourth-order valence-corrected chi connectivity index (χ4v) is 0. The molecule has 0 aliphatic carbocycles. The van der Waals surface area contributed by atoms with Crippen molar-refractivity contribution in [2.45, 2.75) is 6.92 Å². The van der Waals surface area contributed by atoms with E-state index < -0.39 is 29.7 Å². The van der Waals surface area contributed by atoms with Crippen molar-refractivity contribution >= 4 is 29.7 Å². The molecule has 0 aromatic heterocycles. The Morgan fingerprint density at radius 1 is 1.57 bits per heavy atom. The summed E-state index contributed by atoms with van der Waals surface area (Å²) in [5, 5.41) is 7.42. The summed E-state index contributed by atoms with van der Waals surface area (Å²) in [5.74, 6) is -0.833. The van der Waals surface area contributed by atoms with E-state index in [1.165, 1.54) is 0 Å². The zero-order valence-electron chi connectivity index (χ0n) is 3.96. The predicted molar refractivity (Wildman–Crippen MR) is 24.9 cm³/mol. The molecule has 4 nitrogen and oxygen atoms in total. The first kappa shape index (κ1) is 10.3. The summed E-state index contributed by atoms with van der Waals surface area (Å²) in [6, 6.07) is 0. The molecular formula is C2H7InO4. The van der Waals surface area contributed by atoms with Crippen LogP contribution in [0.2, 0.25) is 0 Å². The third-order valence-corrected chi connectivity index (χ3v) is 0.